The molecule has 0 unspecified atom stereocenters. The molecule has 0 aliphatic carbocycles. The number of nitrogens with zero attached hydrogens (tertiary/aromatic N) is 5. The molecule has 0 saturated carbocycles. The van der Waals surface area contributed by atoms with E-state index in [0.29, 0.717) is 5.69 Å². The molecule has 0 N–H and O–H groups in total. The first-order valence-corrected chi connectivity index (χ1v) is 6.73. The third kappa shape index (κ3) is 2.02. The Bertz CT molecular complexity index is 775. The van der Waals surface area contributed by atoms with Crippen LogP contribution in [-0.2, 0) is 7.05 Å². The van der Waals surface area contributed by atoms with Gasteiger partial charge < -0.3 is 0 Å². The molecule has 3 rings (SSSR count). The minimum atomic E-state index is 0.373. The van der Waals surface area contributed by atoms with Gasteiger partial charge in [0, 0.05) is 13.2 Å². The zero-order chi connectivity index (χ0) is 14.1. The topological polar surface area (TPSA) is 59.4 Å². The molecule has 2 aromatic heterocycles. The fraction of sp³-hybridized carbons (Fsp3) is 0.0714. The summed E-state index contributed by atoms with van der Waals surface area (Å²) in [6, 6.07) is 11.8. The van der Waals surface area contributed by atoms with Crippen molar-refractivity contribution in [3.05, 3.63) is 52.9 Å². The maximum Gasteiger partial charge on any atom is 0.172 e. The number of halogens is 1. The van der Waals surface area contributed by atoms with Crippen molar-refractivity contribution in [3.8, 4) is 23.0 Å². The van der Waals surface area contributed by atoms with Gasteiger partial charge in [0.15, 0.2) is 5.69 Å². The summed E-state index contributed by atoms with van der Waals surface area (Å²) in [5, 5.41) is 17.8. The van der Waals surface area contributed by atoms with Gasteiger partial charge in [-0.2, -0.15) is 15.5 Å². The molecule has 0 spiro atoms. The molecule has 98 valence electrons. The van der Waals surface area contributed by atoms with Gasteiger partial charge in [0.1, 0.15) is 6.07 Å². The number of hydrogen-bond acceptors (Lipinski definition) is 3. The molecule has 0 radical (unpaired) electrons. The number of aromatic nitrogens is 4. The predicted octanol–water partition coefficient (Wildman–Crippen LogP) is 2.91. The van der Waals surface area contributed by atoms with Crippen molar-refractivity contribution in [1.29, 1.82) is 5.26 Å². The van der Waals surface area contributed by atoms with E-state index in [2.05, 4.69) is 32.2 Å². The van der Waals surface area contributed by atoms with Gasteiger partial charge in [-0.1, -0.05) is 18.2 Å². The van der Waals surface area contributed by atoms with E-state index in [4.69, 9.17) is 0 Å². The van der Waals surface area contributed by atoms with Crippen molar-refractivity contribution < 1.29 is 0 Å². The van der Waals surface area contributed by atoms with Crippen molar-refractivity contribution in [1.82, 2.24) is 19.6 Å². The maximum atomic E-state index is 9.29. The van der Waals surface area contributed by atoms with Crippen LogP contribution in [0.2, 0.25) is 0 Å². The van der Waals surface area contributed by atoms with Gasteiger partial charge >= 0.3 is 0 Å². The Hall–Kier alpha value is -2.39. The molecule has 0 bridgehead atoms. The summed E-state index contributed by atoms with van der Waals surface area (Å²) < 4.78 is 4.26. The van der Waals surface area contributed by atoms with E-state index >= 15 is 0 Å². The van der Waals surface area contributed by atoms with Gasteiger partial charge in [-0.25, -0.2) is 4.68 Å². The fourth-order valence-electron chi connectivity index (χ4n) is 2.06. The second kappa shape index (κ2) is 4.94. The van der Waals surface area contributed by atoms with E-state index in [1.54, 1.807) is 15.6 Å². The highest BCUT2D eigenvalue weighted by Crippen LogP contribution is 2.30. The lowest BCUT2D eigenvalue weighted by molar-refractivity contribution is 0.775. The van der Waals surface area contributed by atoms with Crippen molar-refractivity contribution >= 4 is 15.9 Å². The third-order valence-electron chi connectivity index (χ3n) is 2.99. The molecule has 0 aliphatic rings. The minimum Gasteiger partial charge on any atom is -0.267 e. The number of rotatable bonds is 2. The van der Waals surface area contributed by atoms with Crippen LogP contribution in [0.5, 0.6) is 0 Å². The summed E-state index contributed by atoms with van der Waals surface area (Å²) in [6.07, 6.45) is 3.55. The first-order chi connectivity index (χ1) is 9.70. The first kappa shape index (κ1) is 12.6. The van der Waals surface area contributed by atoms with E-state index in [1.807, 2.05) is 43.6 Å². The van der Waals surface area contributed by atoms with Crippen LogP contribution in [0.25, 0.3) is 16.9 Å². The predicted molar refractivity (Wildman–Crippen MR) is 78.2 cm³/mol. The molecule has 0 amide bonds. The lowest BCUT2D eigenvalue weighted by Gasteiger charge is -2.00. The van der Waals surface area contributed by atoms with Crippen LogP contribution in [0.3, 0.4) is 0 Å². The Kier molecular flexibility index (Phi) is 3.12. The average Bonchev–Trinajstić information content (AvgIpc) is 3.03. The van der Waals surface area contributed by atoms with Crippen molar-refractivity contribution in [2.24, 2.45) is 7.05 Å². The largest absolute Gasteiger partial charge is 0.267 e. The van der Waals surface area contributed by atoms with E-state index in [1.165, 1.54) is 0 Å². The minimum absolute atomic E-state index is 0.373. The number of para-hydroxylation sites is 1. The van der Waals surface area contributed by atoms with Crippen LogP contribution < -0.4 is 0 Å². The second-order valence-corrected chi connectivity index (χ2v) is 5.10. The molecule has 5 nitrogen and oxygen atoms in total. The van der Waals surface area contributed by atoms with Crippen LogP contribution in [0.1, 0.15) is 5.69 Å². The monoisotopic (exact) mass is 327 g/mol. The fourth-order valence-corrected chi connectivity index (χ4v) is 2.62. The van der Waals surface area contributed by atoms with Gasteiger partial charge in [-0.05, 0) is 28.1 Å². The maximum absolute atomic E-state index is 9.29. The Morgan fingerprint density at radius 3 is 2.60 bits per heavy atom. The van der Waals surface area contributed by atoms with E-state index < -0.39 is 0 Å². The van der Waals surface area contributed by atoms with E-state index in [-0.39, 0.29) is 0 Å². The SMILES string of the molecule is Cn1ncc(Br)c1-c1cn(-c2ccccc2)nc1C#N. The molecule has 1 aromatic carbocycles. The quantitative estimate of drug-likeness (QED) is 0.727. The summed E-state index contributed by atoms with van der Waals surface area (Å²) in [7, 11) is 1.83. The van der Waals surface area contributed by atoms with Gasteiger partial charge in [-0.15, -0.1) is 0 Å². The Morgan fingerprint density at radius 1 is 1.25 bits per heavy atom. The molecule has 0 atom stereocenters. The van der Waals surface area contributed by atoms with Crippen LogP contribution in [0.4, 0.5) is 0 Å². The van der Waals surface area contributed by atoms with Crippen LogP contribution in [0.15, 0.2) is 47.2 Å². The van der Waals surface area contributed by atoms with E-state index in [0.717, 1.165) is 21.4 Å². The highest BCUT2D eigenvalue weighted by Gasteiger charge is 2.17. The molecule has 0 fully saturated rings. The number of hydrogen-bond donors (Lipinski definition) is 0. The van der Waals surface area contributed by atoms with Gasteiger partial charge in [0.05, 0.1) is 27.6 Å². The standard InChI is InChI=1S/C14H10BrN5/c1-19-14(12(15)8-17-19)11-9-20(18-13(11)7-16)10-5-3-2-4-6-10/h2-6,8-9H,1H3. The molecule has 20 heavy (non-hydrogen) atoms. The number of nitriles is 1. The van der Waals surface area contributed by atoms with Gasteiger partial charge in [-0.3, -0.25) is 4.68 Å². The van der Waals surface area contributed by atoms with Crippen molar-refractivity contribution in [3.63, 3.8) is 0 Å². The summed E-state index contributed by atoms with van der Waals surface area (Å²) in [5.41, 5.74) is 2.87. The molecule has 0 aliphatic heterocycles. The van der Waals surface area contributed by atoms with Crippen LogP contribution in [0, 0.1) is 11.3 Å². The molecule has 3 aromatic rings. The van der Waals surface area contributed by atoms with Crippen LogP contribution >= 0.6 is 15.9 Å². The average molecular weight is 328 g/mol. The van der Waals surface area contributed by atoms with Crippen molar-refractivity contribution in [2.45, 2.75) is 0 Å². The first-order valence-electron chi connectivity index (χ1n) is 5.94. The molecule has 6 heteroatoms. The zero-order valence-corrected chi connectivity index (χ0v) is 12.2. The summed E-state index contributed by atoms with van der Waals surface area (Å²) >= 11 is 3.45. The zero-order valence-electron chi connectivity index (χ0n) is 10.7. The Morgan fingerprint density at radius 2 is 2.00 bits per heavy atom. The van der Waals surface area contributed by atoms with Gasteiger partial charge in [0.25, 0.3) is 0 Å². The smallest absolute Gasteiger partial charge is 0.172 e. The van der Waals surface area contributed by atoms with Crippen LogP contribution in [-0.4, -0.2) is 19.6 Å². The van der Waals surface area contributed by atoms with E-state index in [9.17, 15) is 5.26 Å². The molecular formula is C14H10BrN5. The normalized spacial score (nSPS) is 10.4. The summed E-state index contributed by atoms with van der Waals surface area (Å²) in [6.45, 7) is 0. The second-order valence-electron chi connectivity index (χ2n) is 4.25. The lowest BCUT2D eigenvalue weighted by atomic mass is 10.2. The highest BCUT2D eigenvalue weighted by molar-refractivity contribution is 9.10. The summed E-state index contributed by atoms with van der Waals surface area (Å²) in [4.78, 5) is 0. The third-order valence-corrected chi connectivity index (χ3v) is 3.57. The number of benzene rings is 1. The molecule has 2 heterocycles. The highest BCUT2D eigenvalue weighted by atomic mass is 79.9. The molecular weight excluding hydrogens is 318 g/mol. The summed E-state index contributed by atoms with van der Waals surface area (Å²) in [5.74, 6) is 0. The van der Waals surface area contributed by atoms with Crippen molar-refractivity contribution in [2.75, 3.05) is 0 Å². The molecule has 0 saturated heterocycles. The Labute approximate surface area is 124 Å². The Balaban J connectivity index is 2.19. The lowest BCUT2D eigenvalue weighted by Crippen LogP contribution is -1.94. The number of aryl methyl sites for hydroxylation is 1. The van der Waals surface area contributed by atoms with Gasteiger partial charge in [0.2, 0.25) is 0 Å².